The van der Waals surface area contributed by atoms with Crippen molar-refractivity contribution in [2.24, 2.45) is 0 Å². The molecule has 2 bridgehead atoms. The maximum atomic E-state index is 13.3. The van der Waals surface area contributed by atoms with Gasteiger partial charge in [0.25, 0.3) is 0 Å². The van der Waals surface area contributed by atoms with Crippen LogP contribution in [0.3, 0.4) is 0 Å². The number of sulfonamides is 1. The molecule has 1 N–H and O–H groups in total. The largest absolute Gasteiger partial charge is 0.473 e. The molecule has 2 aromatic rings. The van der Waals surface area contributed by atoms with Crippen LogP contribution in [0, 0.1) is 13.8 Å². The monoisotopic (exact) mass is 421 g/mol. The van der Waals surface area contributed by atoms with Gasteiger partial charge in [0, 0.05) is 31.5 Å². The molecule has 0 saturated carbocycles. The maximum absolute atomic E-state index is 13.3. The van der Waals surface area contributed by atoms with Gasteiger partial charge in [-0.3, -0.25) is 10.1 Å². The smallest absolute Gasteiger partial charge is 0.247 e. The number of hydrogen-bond acceptors (Lipinski definition) is 7. The van der Waals surface area contributed by atoms with E-state index < -0.39 is 10.0 Å². The van der Waals surface area contributed by atoms with Crippen LogP contribution >= 0.6 is 0 Å². The first kappa shape index (κ1) is 20.2. The van der Waals surface area contributed by atoms with E-state index >= 15 is 0 Å². The van der Waals surface area contributed by atoms with Gasteiger partial charge in [-0.05, 0) is 33.6 Å². The average Bonchev–Trinajstić information content (AvgIpc) is 3.18. The van der Waals surface area contributed by atoms with Crippen LogP contribution in [0.2, 0.25) is 0 Å². The number of nitrogens with one attached hydrogen (secondary N) is 1. The minimum atomic E-state index is -3.58. The second-order valence-corrected chi connectivity index (χ2v) is 9.46. The Balaban J connectivity index is 1.45. The van der Waals surface area contributed by atoms with Crippen LogP contribution in [-0.2, 0) is 21.4 Å². The van der Waals surface area contributed by atoms with E-state index in [0.717, 1.165) is 18.5 Å². The van der Waals surface area contributed by atoms with Gasteiger partial charge in [-0.15, -0.1) is 0 Å². The quantitative estimate of drug-likeness (QED) is 0.729. The van der Waals surface area contributed by atoms with Gasteiger partial charge in [0.2, 0.25) is 15.9 Å². The van der Waals surface area contributed by atoms with Crippen molar-refractivity contribution >= 4 is 10.0 Å². The Bertz CT molecular complexity index is 926. The lowest BCUT2D eigenvalue weighted by Crippen LogP contribution is -2.49. The van der Waals surface area contributed by atoms with E-state index in [2.05, 4.69) is 20.2 Å². The van der Waals surface area contributed by atoms with Crippen molar-refractivity contribution in [2.75, 3.05) is 6.61 Å². The van der Waals surface area contributed by atoms with E-state index in [4.69, 9.17) is 9.47 Å². The highest BCUT2D eigenvalue weighted by Gasteiger charge is 2.49. The first-order valence-electron chi connectivity index (χ1n) is 10.0. The predicted molar refractivity (Wildman–Crippen MR) is 105 cm³/mol. The lowest BCUT2D eigenvalue weighted by Gasteiger charge is -2.37. The minimum Gasteiger partial charge on any atom is -0.473 e. The van der Waals surface area contributed by atoms with Gasteiger partial charge in [0.05, 0.1) is 36.1 Å². The van der Waals surface area contributed by atoms with E-state index in [1.807, 2.05) is 6.92 Å². The SMILES string of the molecule is CCOCc1cnc(OC2C[C@H]3CC[C@@H](C2)N3S(=O)(=O)c2c(C)n[nH]c2C)cn1. The third-order valence-electron chi connectivity index (χ3n) is 5.64. The molecule has 1 unspecified atom stereocenters. The Morgan fingerprint density at radius 3 is 2.45 bits per heavy atom. The fourth-order valence-electron chi connectivity index (χ4n) is 4.45. The fraction of sp³-hybridized carbons (Fsp3) is 0.632. The molecule has 0 aliphatic carbocycles. The first-order chi connectivity index (χ1) is 13.9. The van der Waals surface area contributed by atoms with Crippen molar-refractivity contribution < 1.29 is 17.9 Å². The molecule has 0 spiro atoms. The van der Waals surface area contributed by atoms with Crippen molar-refractivity contribution in [3.63, 3.8) is 0 Å². The zero-order valence-electron chi connectivity index (χ0n) is 17.0. The number of fused-ring (bicyclic) bond motifs is 2. The number of rotatable bonds is 7. The van der Waals surface area contributed by atoms with E-state index in [9.17, 15) is 8.42 Å². The summed E-state index contributed by atoms with van der Waals surface area (Å²) in [6.45, 7) is 6.46. The van der Waals surface area contributed by atoms with Gasteiger partial charge in [-0.2, -0.15) is 9.40 Å². The summed E-state index contributed by atoms with van der Waals surface area (Å²) in [5, 5.41) is 6.85. The number of piperidine rings is 1. The molecular weight excluding hydrogens is 394 g/mol. The van der Waals surface area contributed by atoms with Crippen LogP contribution in [-0.4, -0.2) is 57.7 Å². The molecule has 4 heterocycles. The maximum Gasteiger partial charge on any atom is 0.247 e. The molecular formula is C19H27N5O4S. The normalized spacial score (nSPS) is 24.7. The van der Waals surface area contributed by atoms with Gasteiger partial charge in [0.1, 0.15) is 11.0 Å². The molecule has 4 rings (SSSR count). The second kappa shape index (κ2) is 8.00. The molecule has 2 fully saturated rings. The summed E-state index contributed by atoms with van der Waals surface area (Å²) in [5.41, 5.74) is 1.86. The van der Waals surface area contributed by atoms with Gasteiger partial charge >= 0.3 is 0 Å². The van der Waals surface area contributed by atoms with Crippen LogP contribution in [0.5, 0.6) is 5.88 Å². The Kier molecular flexibility index (Phi) is 5.58. The molecule has 2 aliphatic heterocycles. The minimum absolute atomic E-state index is 0.0670. The molecule has 2 aromatic heterocycles. The summed E-state index contributed by atoms with van der Waals surface area (Å²) in [7, 11) is -3.58. The van der Waals surface area contributed by atoms with E-state index in [1.165, 1.54) is 0 Å². The van der Waals surface area contributed by atoms with Crippen LogP contribution in [0.15, 0.2) is 17.3 Å². The topological polar surface area (TPSA) is 110 Å². The highest BCUT2D eigenvalue weighted by molar-refractivity contribution is 7.89. The number of nitrogens with zero attached hydrogens (tertiary/aromatic N) is 4. The van der Waals surface area contributed by atoms with E-state index in [-0.39, 0.29) is 18.2 Å². The summed E-state index contributed by atoms with van der Waals surface area (Å²) in [4.78, 5) is 8.94. The number of aromatic amines is 1. The Morgan fingerprint density at radius 1 is 1.17 bits per heavy atom. The Labute approximate surface area is 170 Å². The molecule has 2 saturated heterocycles. The Morgan fingerprint density at radius 2 is 1.90 bits per heavy atom. The zero-order valence-corrected chi connectivity index (χ0v) is 17.8. The highest BCUT2D eigenvalue weighted by Crippen LogP contribution is 2.41. The molecule has 10 heteroatoms. The number of hydrogen-bond donors (Lipinski definition) is 1. The lowest BCUT2D eigenvalue weighted by atomic mass is 10.0. The van der Waals surface area contributed by atoms with Crippen molar-refractivity contribution in [2.45, 2.75) is 76.1 Å². The van der Waals surface area contributed by atoms with Crippen molar-refractivity contribution in [3.05, 3.63) is 29.5 Å². The second-order valence-electron chi connectivity index (χ2n) is 7.68. The summed E-state index contributed by atoms with van der Waals surface area (Å²) >= 11 is 0. The first-order valence-corrected chi connectivity index (χ1v) is 11.4. The lowest BCUT2D eigenvalue weighted by molar-refractivity contribution is 0.0910. The summed E-state index contributed by atoms with van der Waals surface area (Å²) in [6.07, 6.45) is 6.18. The number of H-pyrrole nitrogens is 1. The van der Waals surface area contributed by atoms with Crippen LogP contribution < -0.4 is 4.74 Å². The molecule has 0 radical (unpaired) electrons. The van der Waals surface area contributed by atoms with E-state index in [1.54, 1.807) is 30.5 Å². The zero-order chi connectivity index (χ0) is 20.6. The van der Waals surface area contributed by atoms with Crippen molar-refractivity contribution in [1.29, 1.82) is 0 Å². The average molecular weight is 422 g/mol. The standard InChI is InChI=1S/C19H27N5O4S/c1-4-27-11-14-9-21-18(10-20-14)28-17-7-15-5-6-16(8-17)24(15)29(25,26)19-12(2)22-23-13(19)3/h9-10,15-17H,4-8,11H2,1-3H3,(H,22,23)/t15-,16+,17?. The summed E-state index contributed by atoms with van der Waals surface area (Å²) in [6, 6.07) is -0.134. The predicted octanol–water partition coefficient (Wildman–Crippen LogP) is 2.12. The molecule has 2 aliphatic rings. The van der Waals surface area contributed by atoms with Gasteiger partial charge < -0.3 is 9.47 Å². The summed E-state index contributed by atoms with van der Waals surface area (Å²) < 4.78 is 39.7. The molecule has 9 nitrogen and oxygen atoms in total. The molecule has 0 aromatic carbocycles. The van der Waals surface area contributed by atoms with Crippen molar-refractivity contribution in [3.8, 4) is 5.88 Å². The van der Waals surface area contributed by atoms with Crippen LogP contribution in [0.4, 0.5) is 0 Å². The number of aryl methyl sites for hydroxylation is 2. The Hall–Kier alpha value is -2.04. The molecule has 3 atom stereocenters. The van der Waals surface area contributed by atoms with Crippen LogP contribution in [0.1, 0.15) is 49.7 Å². The van der Waals surface area contributed by atoms with Gasteiger partial charge in [-0.1, -0.05) is 0 Å². The third kappa shape index (κ3) is 3.88. The fourth-order valence-corrected chi connectivity index (χ4v) is 6.68. The van der Waals surface area contributed by atoms with Crippen molar-refractivity contribution in [1.82, 2.24) is 24.5 Å². The summed E-state index contributed by atoms with van der Waals surface area (Å²) in [5.74, 6) is 0.465. The van der Waals surface area contributed by atoms with E-state index in [0.29, 0.717) is 48.2 Å². The molecule has 29 heavy (non-hydrogen) atoms. The number of ether oxygens (including phenoxy) is 2. The number of aromatic nitrogens is 4. The molecule has 158 valence electrons. The van der Waals surface area contributed by atoms with Gasteiger partial charge in [0.15, 0.2) is 0 Å². The molecule has 0 amide bonds. The van der Waals surface area contributed by atoms with Crippen LogP contribution in [0.25, 0.3) is 0 Å². The van der Waals surface area contributed by atoms with Gasteiger partial charge in [-0.25, -0.2) is 13.4 Å². The highest BCUT2D eigenvalue weighted by atomic mass is 32.2. The third-order valence-corrected chi connectivity index (χ3v) is 7.91.